The third kappa shape index (κ3) is 4.54. The van der Waals surface area contributed by atoms with Gasteiger partial charge in [-0.1, -0.05) is 31.8 Å². The summed E-state index contributed by atoms with van der Waals surface area (Å²) < 4.78 is 10.8. The maximum atomic E-state index is 13.2. The molecule has 152 valence electrons. The van der Waals surface area contributed by atoms with Gasteiger partial charge in [0.15, 0.2) is 0 Å². The Kier molecular flexibility index (Phi) is 7.06. The Morgan fingerprint density at radius 1 is 1.29 bits per heavy atom. The highest BCUT2D eigenvalue weighted by molar-refractivity contribution is 5.79. The summed E-state index contributed by atoms with van der Waals surface area (Å²) in [5.74, 6) is 2.21. The normalized spacial score (nSPS) is 18.1. The average molecular weight is 386 g/mol. The molecule has 2 aromatic rings. The molecule has 0 spiro atoms. The molecule has 0 bridgehead atoms. The van der Waals surface area contributed by atoms with Gasteiger partial charge in [-0.15, -0.1) is 0 Å². The fourth-order valence-corrected chi connectivity index (χ4v) is 3.87. The second-order valence-electron chi connectivity index (χ2n) is 7.48. The van der Waals surface area contributed by atoms with Crippen molar-refractivity contribution in [2.24, 2.45) is 5.92 Å². The van der Waals surface area contributed by atoms with Crippen LogP contribution in [0.2, 0.25) is 0 Å². The molecule has 1 aromatic heterocycles. The fourth-order valence-electron chi connectivity index (χ4n) is 3.87. The molecule has 3 rings (SSSR count). The van der Waals surface area contributed by atoms with Gasteiger partial charge in [0.1, 0.15) is 11.8 Å². The first-order valence-corrected chi connectivity index (χ1v) is 10.5. The van der Waals surface area contributed by atoms with Crippen LogP contribution >= 0.6 is 0 Å². The first-order valence-electron chi connectivity index (χ1n) is 10.5. The lowest BCUT2D eigenvalue weighted by molar-refractivity contribution is -0.140. The lowest BCUT2D eigenvalue weighted by Crippen LogP contribution is -2.42. The number of nitrogens with zero attached hydrogens (tertiary/aromatic N) is 3. The van der Waals surface area contributed by atoms with Gasteiger partial charge < -0.3 is 14.2 Å². The van der Waals surface area contributed by atoms with E-state index < -0.39 is 0 Å². The number of ether oxygens (including phenoxy) is 1. The third-order valence-electron chi connectivity index (χ3n) is 5.61. The number of carbonyl (C=O) groups excluding carboxylic acids is 1. The molecule has 1 saturated heterocycles. The van der Waals surface area contributed by atoms with E-state index in [1.165, 1.54) is 0 Å². The molecule has 28 heavy (non-hydrogen) atoms. The van der Waals surface area contributed by atoms with Crippen LogP contribution in [-0.4, -0.2) is 34.6 Å². The summed E-state index contributed by atoms with van der Waals surface area (Å²) in [6.45, 7) is 5.04. The van der Waals surface area contributed by atoms with E-state index in [1.54, 1.807) is 7.11 Å². The Bertz CT molecular complexity index is 757. The van der Waals surface area contributed by atoms with Gasteiger partial charge in [-0.05, 0) is 56.4 Å². The Balaban J connectivity index is 1.78. The minimum Gasteiger partial charge on any atom is -0.497 e. The van der Waals surface area contributed by atoms with Crippen LogP contribution in [0.25, 0.3) is 11.4 Å². The number of benzene rings is 1. The van der Waals surface area contributed by atoms with Crippen molar-refractivity contribution in [3.63, 3.8) is 0 Å². The van der Waals surface area contributed by atoms with Crippen LogP contribution in [0.15, 0.2) is 28.8 Å². The summed E-state index contributed by atoms with van der Waals surface area (Å²) in [5.41, 5.74) is 0.874. The molecule has 0 N–H and O–H groups in total. The largest absolute Gasteiger partial charge is 0.497 e. The predicted octanol–water partition coefficient (Wildman–Crippen LogP) is 5.02. The van der Waals surface area contributed by atoms with E-state index >= 15 is 0 Å². The smallest absolute Gasteiger partial charge is 0.249 e. The number of unbranched alkanes of at least 4 members (excludes halogenated alkanes) is 1. The molecule has 1 aliphatic heterocycles. The molecule has 1 amide bonds. The van der Waals surface area contributed by atoms with Crippen LogP contribution in [0.3, 0.4) is 0 Å². The van der Waals surface area contributed by atoms with E-state index in [1.807, 2.05) is 29.2 Å². The van der Waals surface area contributed by atoms with Gasteiger partial charge in [-0.3, -0.25) is 4.79 Å². The number of hydrogen-bond acceptors (Lipinski definition) is 5. The molecule has 1 aromatic carbocycles. The number of methoxy groups -OCH3 is 1. The number of hydrogen-bond donors (Lipinski definition) is 0. The summed E-state index contributed by atoms with van der Waals surface area (Å²) in [6, 6.07) is 7.46. The van der Waals surface area contributed by atoms with Crippen molar-refractivity contribution in [1.29, 1.82) is 0 Å². The Morgan fingerprint density at radius 2 is 2.07 bits per heavy atom. The highest BCUT2D eigenvalue weighted by Gasteiger charge is 2.34. The molecule has 6 nitrogen and oxygen atoms in total. The maximum Gasteiger partial charge on any atom is 0.249 e. The number of piperidine rings is 1. The maximum absolute atomic E-state index is 13.2. The van der Waals surface area contributed by atoms with Crippen LogP contribution in [0.5, 0.6) is 5.75 Å². The molecule has 0 radical (unpaired) electrons. The average Bonchev–Trinajstić information content (AvgIpc) is 3.24. The van der Waals surface area contributed by atoms with E-state index in [2.05, 4.69) is 24.0 Å². The zero-order chi connectivity index (χ0) is 19.9. The van der Waals surface area contributed by atoms with Crippen molar-refractivity contribution in [3.05, 3.63) is 30.2 Å². The summed E-state index contributed by atoms with van der Waals surface area (Å²) in [7, 11) is 1.64. The molecule has 1 aliphatic rings. The van der Waals surface area contributed by atoms with Crippen molar-refractivity contribution in [3.8, 4) is 17.1 Å². The van der Waals surface area contributed by atoms with Crippen molar-refractivity contribution >= 4 is 5.91 Å². The minimum atomic E-state index is -0.114. The Morgan fingerprint density at radius 3 is 2.75 bits per heavy atom. The van der Waals surface area contributed by atoms with E-state index in [-0.39, 0.29) is 17.9 Å². The molecular weight excluding hydrogens is 354 g/mol. The van der Waals surface area contributed by atoms with Gasteiger partial charge in [0.25, 0.3) is 0 Å². The second-order valence-corrected chi connectivity index (χ2v) is 7.48. The molecule has 6 heteroatoms. The van der Waals surface area contributed by atoms with Gasteiger partial charge in [-0.2, -0.15) is 4.98 Å². The van der Waals surface area contributed by atoms with Crippen molar-refractivity contribution in [2.75, 3.05) is 13.7 Å². The lowest BCUT2D eigenvalue weighted by atomic mass is 9.94. The fraction of sp³-hybridized carbons (Fsp3) is 0.591. The van der Waals surface area contributed by atoms with Gasteiger partial charge in [-0.25, -0.2) is 0 Å². The summed E-state index contributed by atoms with van der Waals surface area (Å²) in [5, 5.41) is 4.16. The first-order chi connectivity index (χ1) is 13.7. The number of amides is 1. The zero-order valence-corrected chi connectivity index (χ0v) is 17.2. The number of likely N-dealkylation sites (tertiary alicyclic amines) is 1. The summed E-state index contributed by atoms with van der Waals surface area (Å²) in [6.07, 6.45) is 7.01. The first kappa shape index (κ1) is 20.4. The van der Waals surface area contributed by atoms with E-state index in [9.17, 15) is 4.79 Å². The summed E-state index contributed by atoms with van der Waals surface area (Å²) >= 11 is 0. The lowest BCUT2D eigenvalue weighted by Gasteiger charge is -2.35. The number of aromatic nitrogens is 2. The predicted molar refractivity (Wildman–Crippen MR) is 108 cm³/mol. The van der Waals surface area contributed by atoms with Crippen LogP contribution in [0, 0.1) is 5.92 Å². The third-order valence-corrected chi connectivity index (χ3v) is 5.61. The van der Waals surface area contributed by atoms with Crippen LogP contribution in [0.4, 0.5) is 0 Å². The molecular formula is C22H31N3O3. The summed E-state index contributed by atoms with van der Waals surface area (Å²) in [4.78, 5) is 19.8. The van der Waals surface area contributed by atoms with E-state index in [0.29, 0.717) is 11.7 Å². The highest BCUT2D eigenvalue weighted by Crippen LogP contribution is 2.33. The second kappa shape index (κ2) is 9.71. The Hall–Kier alpha value is -2.37. The van der Waals surface area contributed by atoms with Gasteiger partial charge >= 0.3 is 0 Å². The molecule has 2 heterocycles. The standard InChI is InChI=1S/C22H31N3O3/c1-4-6-9-16(5-2)22(26)25-15-8-7-10-19(25)21-23-20(24-28-21)17-11-13-18(27-3)14-12-17/h11-14,16,19H,4-10,15H2,1-3H3/t16-,19+/m0/s1. The van der Waals surface area contributed by atoms with Gasteiger partial charge in [0.05, 0.1) is 7.11 Å². The van der Waals surface area contributed by atoms with Crippen molar-refractivity contribution < 1.29 is 14.1 Å². The van der Waals surface area contributed by atoms with Gasteiger partial charge in [0.2, 0.25) is 17.6 Å². The monoisotopic (exact) mass is 385 g/mol. The highest BCUT2D eigenvalue weighted by atomic mass is 16.5. The molecule has 0 saturated carbocycles. The zero-order valence-electron chi connectivity index (χ0n) is 17.2. The van der Waals surface area contributed by atoms with Crippen LogP contribution < -0.4 is 4.74 Å². The van der Waals surface area contributed by atoms with Crippen LogP contribution in [0.1, 0.15) is 70.7 Å². The van der Waals surface area contributed by atoms with Crippen molar-refractivity contribution in [2.45, 2.75) is 64.8 Å². The molecule has 1 fully saturated rings. The topological polar surface area (TPSA) is 68.5 Å². The molecule has 0 aliphatic carbocycles. The van der Waals surface area contributed by atoms with Crippen LogP contribution in [-0.2, 0) is 4.79 Å². The molecule has 2 atom stereocenters. The van der Waals surface area contributed by atoms with E-state index in [4.69, 9.17) is 9.26 Å². The quantitative estimate of drug-likeness (QED) is 0.638. The minimum absolute atomic E-state index is 0.0875. The van der Waals surface area contributed by atoms with E-state index in [0.717, 1.165) is 62.8 Å². The van der Waals surface area contributed by atoms with Crippen molar-refractivity contribution in [1.82, 2.24) is 15.0 Å². The Labute approximate surface area is 167 Å². The molecule has 0 unspecified atom stereocenters. The number of rotatable bonds is 8. The SMILES string of the molecule is CCCC[C@H](CC)C(=O)N1CCCC[C@@H]1c1nc(-c2ccc(OC)cc2)no1. The van der Waals surface area contributed by atoms with Gasteiger partial charge in [0, 0.05) is 18.0 Å². The number of carbonyl (C=O) groups is 1.